The maximum absolute atomic E-state index is 5.61. The van der Waals surface area contributed by atoms with E-state index in [1.807, 2.05) is 6.07 Å². The number of rotatable bonds is 4. The summed E-state index contributed by atoms with van der Waals surface area (Å²) < 4.78 is 0. The highest BCUT2D eigenvalue weighted by Gasteiger charge is 2.23. The van der Waals surface area contributed by atoms with Gasteiger partial charge < -0.3 is 11.1 Å². The fourth-order valence-electron chi connectivity index (χ4n) is 1.44. The van der Waals surface area contributed by atoms with Crippen molar-refractivity contribution in [2.45, 2.75) is 33.2 Å². The van der Waals surface area contributed by atoms with Crippen LogP contribution in [0, 0.1) is 5.41 Å². The van der Waals surface area contributed by atoms with Gasteiger partial charge in [0.15, 0.2) is 0 Å². The normalized spacial score (nSPS) is 13.6. The third-order valence-corrected chi connectivity index (χ3v) is 2.40. The molecule has 1 aromatic heterocycles. The van der Waals surface area contributed by atoms with Crippen molar-refractivity contribution in [1.29, 1.82) is 0 Å². The van der Waals surface area contributed by atoms with Gasteiger partial charge in [0.1, 0.15) is 12.1 Å². The first-order chi connectivity index (χ1) is 7.04. The van der Waals surface area contributed by atoms with E-state index < -0.39 is 0 Å². The van der Waals surface area contributed by atoms with E-state index in [0.717, 1.165) is 12.2 Å². The van der Waals surface area contributed by atoms with Crippen LogP contribution in [0.4, 0.5) is 5.82 Å². The summed E-state index contributed by atoms with van der Waals surface area (Å²) in [6.45, 7) is 7.27. The Morgan fingerprint density at radius 1 is 1.47 bits per heavy atom. The Hall–Kier alpha value is -1.16. The molecule has 1 rings (SSSR count). The van der Waals surface area contributed by atoms with Crippen molar-refractivity contribution in [3.63, 3.8) is 0 Å². The van der Waals surface area contributed by atoms with Crippen molar-refractivity contribution in [2.24, 2.45) is 11.1 Å². The van der Waals surface area contributed by atoms with E-state index in [9.17, 15) is 0 Å². The second-order valence-electron chi connectivity index (χ2n) is 4.73. The van der Waals surface area contributed by atoms with Crippen molar-refractivity contribution in [2.75, 3.05) is 11.9 Å². The second-order valence-corrected chi connectivity index (χ2v) is 4.73. The van der Waals surface area contributed by atoms with Crippen LogP contribution < -0.4 is 11.1 Å². The lowest BCUT2D eigenvalue weighted by Crippen LogP contribution is -2.36. The molecule has 1 atom stereocenters. The van der Waals surface area contributed by atoms with Gasteiger partial charge in [0.05, 0.1) is 0 Å². The third kappa shape index (κ3) is 3.83. The van der Waals surface area contributed by atoms with Crippen LogP contribution in [0.1, 0.15) is 27.2 Å². The molecule has 0 saturated heterocycles. The van der Waals surface area contributed by atoms with Crippen LogP contribution in [0.15, 0.2) is 18.6 Å². The molecular formula is C11H20N4. The molecule has 0 saturated carbocycles. The number of aromatic nitrogens is 2. The van der Waals surface area contributed by atoms with Gasteiger partial charge >= 0.3 is 0 Å². The van der Waals surface area contributed by atoms with Gasteiger partial charge in [-0.15, -0.1) is 0 Å². The average molecular weight is 208 g/mol. The molecular weight excluding hydrogens is 188 g/mol. The first-order valence-electron chi connectivity index (χ1n) is 5.26. The van der Waals surface area contributed by atoms with Gasteiger partial charge in [-0.2, -0.15) is 0 Å². The molecule has 84 valence electrons. The van der Waals surface area contributed by atoms with Crippen molar-refractivity contribution in [3.8, 4) is 0 Å². The van der Waals surface area contributed by atoms with Crippen LogP contribution in [0.3, 0.4) is 0 Å². The fraction of sp³-hybridized carbons (Fsp3) is 0.636. The molecule has 1 heterocycles. The Bertz CT molecular complexity index is 278. The largest absolute Gasteiger partial charge is 0.367 e. The van der Waals surface area contributed by atoms with Crippen molar-refractivity contribution in [3.05, 3.63) is 18.6 Å². The minimum absolute atomic E-state index is 0.171. The molecule has 4 nitrogen and oxygen atoms in total. The zero-order chi connectivity index (χ0) is 11.3. The van der Waals surface area contributed by atoms with Gasteiger partial charge in [-0.3, -0.25) is 0 Å². The van der Waals surface area contributed by atoms with Crippen LogP contribution in [-0.2, 0) is 0 Å². The summed E-state index contributed by atoms with van der Waals surface area (Å²) in [5.41, 5.74) is 5.78. The molecule has 1 unspecified atom stereocenters. The van der Waals surface area contributed by atoms with Gasteiger partial charge in [-0.25, -0.2) is 9.97 Å². The highest BCUT2D eigenvalue weighted by molar-refractivity contribution is 5.33. The zero-order valence-corrected chi connectivity index (χ0v) is 9.70. The van der Waals surface area contributed by atoms with Gasteiger partial charge in [0.2, 0.25) is 0 Å². The predicted molar refractivity (Wildman–Crippen MR) is 62.6 cm³/mol. The summed E-state index contributed by atoms with van der Waals surface area (Å²) in [5, 5.41) is 3.39. The lowest BCUT2D eigenvalue weighted by molar-refractivity contribution is 0.328. The molecule has 0 aliphatic rings. The molecule has 0 aromatic carbocycles. The number of nitrogens with two attached hydrogens (primary N) is 1. The predicted octanol–water partition coefficient (Wildman–Crippen LogP) is 1.65. The van der Waals surface area contributed by atoms with Gasteiger partial charge in [0, 0.05) is 12.2 Å². The summed E-state index contributed by atoms with van der Waals surface area (Å²) in [7, 11) is 0. The Morgan fingerprint density at radius 2 is 2.20 bits per heavy atom. The van der Waals surface area contributed by atoms with Crippen LogP contribution >= 0.6 is 0 Å². The minimum atomic E-state index is 0.171. The molecule has 0 amide bonds. The molecule has 0 fully saturated rings. The van der Waals surface area contributed by atoms with Crippen LogP contribution in [0.25, 0.3) is 0 Å². The molecule has 0 radical (unpaired) electrons. The van der Waals surface area contributed by atoms with Gasteiger partial charge in [-0.1, -0.05) is 20.8 Å². The van der Waals surface area contributed by atoms with Crippen molar-refractivity contribution >= 4 is 5.82 Å². The molecule has 0 aliphatic heterocycles. The quantitative estimate of drug-likeness (QED) is 0.789. The standard InChI is InChI=1S/C11H20N4/c1-11(2,3)9(4-6-12)15-10-5-7-13-8-14-10/h5,7-9H,4,6,12H2,1-3H3,(H,13,14,15). The van der Waals surface area contributed by atoms with E-state index in [-0.39, 0.29) is 5.41 Å². The summed E-state index contributed by atoms with van der Waals surface area (Å²) in [6, 6.07) is 2.20. The number of hydrogen-bond acceptors (Lipinski definition) is 4. The molecule has 1 aromatic rings. The number of nitrogens with one attached hydrogen (secondary N) is 1. The highest BCUT2D eigenvalue weighted by Crippen LogP contribution is 2.24. The van der Waals surface area contributed by atoms with Gasteiger partial charge in [0.25, 0.3) is 0 Å². The SMILES string of the molecule is CC(C)(C)C(CCN)Nc1ccncn1. The maximum atomic E-state index is 5.61. The second kappa shape index (κ2) is 5.07. The smallest absolute Gasteiger partial charge is 0.129 e. The Balaban J connectivity index is 2.67. The van der Waals surface area contributed by atoms with E-state index >= 15 is 0 Å². The molecule has 15 heavy (non-hydrogen) atoms. The molecule has 3 N–H and O–H groups in total. The first kappa shape index (κ1) is 11.9. The third-order valence-electron chi connectivity index (χ3n) is 2.40. The molecule has 4 heteroatoms. The van der Waals surface area contributed by atoms with Crippen molar-refractivity contribution < 1.29 is 0 Å². The molecule has 0 aliphatic carbocycles. The minimum Gasteiger partial charge on any atom is -0.367 e. The van der Waals surface area contributed by atoms with E-state index in [1.54, 1.807) is 12.5 Å². The number of anilines is 1. The highest BCUT2D eigenvalue weighted by atomic mass is 15.0. The summed E-state index contributed by atoms with van der Waals surface area (Å²) >= 11 is 0. The van der Waals surface area contributed by atoms with E-state index in [1.165, 1.54) is 0 Å². The first-order valence-corrected chi connectivity index (χ1v) is 5.26. The Kier molecular flexibility index (Phi) is 4.03. The van der Waals surface area contributed by atoms with Gasteiger partial charge in [-0.05, 0) is 24.4 Å². The number of hydrogen-bond donors (Lipinski definition) is 2. The van der Waals surface area contributed by atoms with Crippen LogP contribution in [0.5, 0.6) is 0 Å². The van der Waals surface area contributed by atoms with Crippen LogP contribution in [-0.4, -0.2) is 22.6 Å². The topological polar surface area (TPSA) is 63.8 Å². The number of nitrogens with zero attached hydrogens (tertiary/aromatic N) is 2. The summed E-state index contributed by atoms with van der Waals surface area (Å²) in [6.07, 6.45) is 4.22. The Morgan fingerprint density at radius 3 is 2.67 bits per heavy atom. The Labute approximate surface area is 91.3 Å². The van der Waals surface area contributed by atoms with Crippen LogP contribution in [0.2, 0.25) is 0 Å². The molecule has 0 bridgehead atoms. The average Bonchev–Trinajstić information content (AvgIpc) is 2.17. The summed E-state index contributed by atoms with van der Waals surface area (Å²) in [5.74, 6) is 0.860. The zero-order valence-electron chi connectivity index (χ0n) is 9.70. The molecule has 0 spiro atoms. The summed E-state index contributed by atoms with van der Waals surface area (Å²) in [4.78, 5) is 8.04. The lowest BCUT2D eigenvalue weighted by Gasteiger charge is -2.31. The lowest BCUT2D eigenvalue weighted by atomic mass is 9.85. The monoisotopic (exact) mass is 208 g/mol. The van der Waals surface area contributed by atoms with E-state index in [2.05, 4.69) is 36.1 Å². The van der Waals surface area contributed by atoms with E-state index in [0.29, 0.717) is 12.6 Å². The van der Waals surface area contributed by atoms with E-state index in [4.69, 9.17) is 5.73 Å². The maximum Gasteiger partial charge on any atom is 0.129 e. The fourth-order valence-corrected chi connectivity index (χ4v) is 1.44. The van der Waals surface area contributed by atoms with Crippen molar-refractivity contribution in [1.82, 2.24) is 9.97 Å².